The number of thiophene rings is 1. The topological polar surface area (TPSA) is 59.9 Å². The fourth-order valence-corrected chi connectivity index (χ4v) is 3.71. The van der Waals surface area contributed by atoms with Crippen LogP contribution in [0.15, 0.2) is 40.9 Å². The van der Waals surface area contributed by atoms with Gasteiger partial charge in [0.25, 0.3) is 0 Å². The van der Waals surface area contributed by atoms with E-state index in [9.17, 15) is 0 Å². The van der Waals surface area contributed by atoms with Crippen LogP contribution < -0.4 is 10.1 Å². The Morgan fingerprint density at radius 2 is 2.09 bits per heavy atom. The van der Waals surface area contributed by atoms with Crippen molar-refractivity contribution < 1.29 is 4.74 Å². The molecule has 3 aromatic rings. The average molecular weight is 342 g/mol. The van der Waals surface area contributed by atoms with E-state index in [1.165, 1.54) is 17.3 Å². The maximum Gasteiger partial charge on any atom is 0.247 e. The summed E-state index contributed by atoms with van der Waals surface area (Å²) in [5.74, 6) is 0.514. The van der Waals surface area contributed by atoms with Crippen LogP contribution in [-0.4, -0.2) is 21.4 Å². The van der Waals surface area contributed by atoms with Crippen molar-refractivity contribution in [3.8, 4) is 17.1 Å². The van der Waals surface area contributed by atoms with E-state index in [-0.39, 0.29) is 6.23 Å². The Bertz CT molecular complexity index is 865. The van der Waals surface area contributed by atoms with Crippen LogP contribution in [0.2, 0.25) is 0 Å². The summed E-state index contributed by atoms with van der Waals surface area (Å²) in [5, 5.41) is 14.6. The second-order valence-electron chi connectivity index (χ2n) is 5.11. The Morgan fingerprint density at radius 1 is 1.22 bits per heavy atom. The first-order chi connectivity index (χ1) is 11.3. The molecule has 1 aromatic carbocycles. The van der Waals surface area contributed by atoms with Crippen molar-refractivity contribution in [1.82, 2.24) is 15.2 Å². The number of hydrogen-bond donors (Lipinski definition) is 1. The Balaban J connectivity index is 1.89. The number of rotatable bonds is 2. The molecule has 0 saturated heterocycles. The molecule has 0 amide bonds. The van der Waals surface area contributed by atoms with Crippen molar-refractivity contribution in [2.24, 2.45) is 0 Å². The van der Waals surface area contributed by atoms with E-state index in [4.69, 9.17) is 4.74 Å². The lowest BCUT2D eigenvalue weighted by molar-refractivity contribution is 0.228. The van der Waals surface area contributed by atoms with Gasteiger partial charge in [-0.2, -0.15) is 4.98 Å². The zero-order valence-electron chi connectivity index (χ0n) is 12.6. The minimum absolute atomic E-state index is 0.288. The van der Waals surface area contributed by atoms with E-state index in [1.54, 1.807) is 11.3 Å². The van der Waals surface area contributed by atoms with Gasteiger partial charge >= 0.3 is 0 Å². The molecule has 5 nitrogen and oxygen atoms in total. The SMILES string of the molecule is CSc1nnc2c(n1)O[C@@H](c1sccc1C)Nc1ccccc1-2. The van der Waals surface area contributed by atoms with Gasteiger partial charge in [-0.15, -0.1) is 21.5 Å². The summed E-state index contributed by atoms with van der Waals surface area (Å²) < 4.78 is 6.18. The summed E-state index contributed by atoms with van der Waals surface area (Å²) in [4.78, 5) is 5.65. The van der Waals surface area contributed by atoms with Crippen molar-refractivity contribution in [3.63, 3.8) is 0 Å². The van der Waals surface area contributed by atoms with E-state index in [2.05, 4.69) is 38.9 Å². The van der Waals surface area contributed by atoms with Crippen LogP contribution >= 0.6 is 23.1 Å². The van der Waals surface area contributed by atoms with Crippen LogP contribution in [0.3, 0.4) is 0 Å². The number of fused-ring (bicyclic) bond motifs is 3. The van der Waals surface area contributed by atoms with Crippen molar-refractivity contribution in [1.29, 1.82) is 0 Å². The highest BCUT2D eigenvalue weighted by atomic mass is 32.2. The normalized spacial score (nSPS) is 15.8. The molecule has 2 aromatic heterocycles. The molecule has 0 saturated carbocycles. The van der Waals surface area contributed by atoms with Gasteiger partial charge in [0.1, 0.15) is 0 Å². The third kappa shape index (κ3) is 2.55. The fraction of sp³-hybridized carbons (Fsp3) is 0.188. The standard InChI is InChI=1S/C16H14N4OS2/c1-9-7-8-23-13(9)15-17-11-6-4-3-5-10(11)12-14(21-15)18-16(22-2)20-19-12/h3-8,15,17H,1-2H3/t15-/m0/s1. The van der Waals surface area contributed by atoms with Crippen LogP contribution in [0.4, 0.5) is 5.69 Å². The Morgan fingerprint density at radius 3 is 2.87 bits per heavy atom. The van der Waals surface area contributed by atoms with E-state index >= 15 is 0 Å². The number of ether oxygens (including phenoxy) is 1. The Labute approximate surface area is 142 Å². The van der Waals surface area contributed by atoms with Crippen molar-refractivity contribution in [3.05, 3.63) is 46.2 Å². The minimum atomic E-state index is -0.288. The van der Waals surface area contributed by atoms with Gasteiger partial charge in [-0.05, 0) is 36.3 Å². The van der Waals surface area contributed by atoms with Gasteiger partial charge in [-0.1, -0.05) is 30.0 Å². The van der Waals surface area contributed by atoms with Gasteiger partial charge in [0, 0.05) is 11.3 Å². The molecule has 0 spiro atoms. The average Bonchev–Trinajstić information content (AvgIpc) is 2.93. The number of nitrogens with zero attached hydrogens (tertiary/aromatic N) is 3. The van der Waals surface area contributed by atoms with Gasteiger partial charge in [-0.3, -0.25) is 0 Å². The van der Waals surface area contributed by atoms with Crippen LogP contribution in [0, 0.1) is 6.92 Å². The number of aryl methyl sites for hydroxylation is 1. The number of nitrogens with one attached hydrogen (secondary N) is 1. The van der Waals surface area contributed by atoms with Crippen LogP contribution in [0.1, 0.15) is 16.7 Å². The predicted octanol–water partition coefficient (Wildman–Crippen LogP) is 4.13. The minimum Gasteiger partial charge on any atom is -0.447 e. The maximum atomic E-state index is 6.18. The molecular formula is C16H14N4OS2. The van der Waals surface area contributed by atoms with Crippen molar-refractivity contribution in [2.75, 3.05) is 11.6 Å². The number of hydrogen-bond acceptors (Lipinski definition) is 7. The number of para-hydroxylation sites is 1. The summed E-state index contributed by atoms with van der Waals surface area (Å²) in [7, 11) is 0. The van der Waals surface area contributed by atoms with Crippen molar-refractivity contribution in [2.45, 2.75) is 18.3 Å². The predicted molar refractivity (Wildman–Crippen MR) is 93.1 cm³/mol. The highest BCUT2D eigenvalue weighted by molar-refractivity contribution is 7.98. The first-order valence-corrected chi connectivity index (χ1v) is 9.22. The van der Waals surface area contributed by atoms with Crippen LogP contribution in [0.5, 0.6) is 5.88 Å². The van der Waals surface area contributed by atoms with Gasteiger partial charge in [-0.25, -0.2) is 0 Å². The summed E-state index contributed by atoms with van der Waals surface area (Å²) in [6.45, 7) is 2.08. The third-order valence-electron chi connectivity index (χ3n) is 3.66. The number of anilines is 1. The van der Waals surface area contributed by atoms with Gasteiger partial charge < -0.3 is 10.1 Å². The van der Waals surface area contributed by atoms with Crippen molar-refractivity contribution >= 4 is 28.8 Å². The second-order valence-corrected chi connectivity index (χ2v) is 6.83. The lowest BCUT2D eigenvalue weighted by atomic mass is 10.1. The Hall–Kier alpha value is -2.12. The van der Waals surface area contributed by atoms with Gasteiger partial charge in [0.15, 0.2) is 5.69 Å². The first-order valence-electron chi connectivity index (χ1n) is 7.11. The quantitative estimate of drug-likeness (QED) is 0.707. The third-order valence-corrected chi connectivity index (χ3v) is 5.26. The summed E-state index contributed by atoms with van der Waals surface area (Å²) in [6.07, 6.45) is 1.64. The summed E-state index contributed by atoms with van der Waals surface area (Å²) in [5.41, 5.74) is 3.78. The number of aromatic nitrogens is 3. The summed E-state index contributed by atoms with van der Waals surface area (Å²) >= 11 is 3.12. The number of benzene rings is 1. The lowest BCUT2D eigenvalue weighted by Gasteiger charge is -2.18. The smallest absolute Gasteiger partial charge is 0.247 e. The molecule has 0 unspecified atom stereocenters. The lowest BCUT2D eigenvalue weighted by Crippen LogP contribution is -2.16. The molecule has 0 fully saturated rings. The molecule has 1 aliphatic heterocycles. The molecule has 0 bridgehead atoms. The monoisotopic (exact) mass is 342 g/mol. The van der Waals surface area contributed by atoms with Gasteiger partial charge in [0.05, 0.1) is 4.88 Å². The van der Waals surface area contributed by atoms with E-state index in [0.29, 0.717) is 16.7 Å². The molecule has 3 heterocycles. The largest absolute Gasteiger partial charge is 0.447 e. The zero-order chi connectivity index (χ0) is 15.8. The number of thioether (sulfide) groups is 1. The van der Waals surface area contributed by atoms with E-state index in [1.807, 2.05) is 30.5 Å². The molecule has 1 aliphatic rings. The molecule has 0 aliphatic carbocycles. The second kappa shape index (κ2) is 5.82. The molecule has 116 valence electrons. The molecule has 1 N–H and O–H groups in total. The molecular weight excluding hydrogens is 328 g/mol. The molecule has 0 radical (unpaired) electrons. The highest BCUT2D eigenvalue weighted by Crippen LogP contribution is 2.40. The molecule has 4 rings (SSSR count). The molecule has 7 heteroatoms. The highest BCUT2D eigenvalue weighted by Gasteiger charge is 2.27. The molecule has 1 atom stereocenters. The van der Waals surface area contributed by atoms with Crippen LogP contribution in [-0.2, 0) is 0 Å². The van der Waals surface area contributed by atoms with E-state index in [0.717, 1.165) is 16.1 Å². The van der Waals surface area contributed by atoms with Gasteiger partial charge in [0.2, 0.25) is 17.3 Å². The summed E-state index contributed by atoms with van der Waals surface area (Å²) in [6, 6.07) is 10.1. The first kappa shape index (κ1) is 14.5. The fourth-order valence-electron chi connectivity index (χ4n) is 2.51. The van der Waals surface area contributed by atoms with Crippen LogP contribution in [0.25, 0.3) is 11.3 Å². The Kier molecular flexibility index (Phi) is 3.66. The zero-order valence-corrected chi connectivity index (χ0v) is 14.2. The maximum absolute atomic E-state index is 6.18. The van der Waals surface area contributed by atoms with E-state index < -0.39 is 0 Å². The molecule has 23 heavy (non-hydrogen) atoms.